The van der Waals surface area contributed by atoms with Gasteiger partial charge in [0.25, 0.3) is 0 Å². The number of rotatable bonds is 5. The van der Waals surface area contributed by atoms with E-state index in [-0.39, 0.29) is 17.7 Å². The number of primary amides is 1. The second kappa shape index (κ2) is 9.51. The topological polar surface area (TPSA) is 95.7 Å². The summed E-state index contributed by atoms with van der Waals surface area (Å²) in [6.07, 6.45) is 6.37. The van der Waals surface area contributed by atoms with Crippen molar-refractivity contribution in [3.63, 3.8) is 0 Å². The summed E-state index contributed by atoms with van der Waals surface area (Å²) in [6.45, 7) is 7.05. The predicted octanol–water partition coefficient (Wildman–Crippen LogP) is 1.46. The van der Waals surface area contributed by atoms with Crippen LogP contribution in [0.1, 0.15) is 61.5 Å². The van der Waals surface area contributed by atoms with Crippen molar-refractivity contribution in [2.45, 2.75) is 57.8 Å². The number of piperidine rings is 2. The van der Waals surface area contributed by atoms with Crippen LogP contribution in [0.4, 0.5) is 5.82 Å². The van der Waals surface area contributed by atoms with Gasteiger partial charge in [-0.3, -0.25) is 9.59 Å². The highest BCUT2D eigenvalue weighted by molar-refractivity contribution is 5.79. The van der Waals surface area contributed by atoms with Gasteiger partial charge in [-0.25, -0.2) is 9.97 Å². The maximum absolute atomic E-state index is 13.1. The number of nitrogens with two attached hydrogens (primary N) is 1. The summed E-state index contributed by atoms with van der Waals surface area (Å²) in [7, 11) is 2.12. The van der Waals surface area contributed by atoms with Crippen molar-refractivity contribution in [1.29, 1.82) is 0 Å². The van der Waals surface area contributed by atoms with E-state index in [1.54, 1.807) is 0 Å². The van der Waals surface area contributed by atoms with Crippen LogP contribution in [0.2, 0.25) is 0 Å². The van der Waals surface area contributed by atoms with Crippen LogP contribution in [0.25, 0.3) is 0 Å². The fraction of sp³-hybridized carbons (Fsp3) is 0.739. The zero-order chi connectivity index (χ0) is 22.0. The van der Waals surface area contributed by atoms with Crippen molar-refractivity contribution in [2.75, 3.05) is 51.2 Å². The highest BCUT2D eigenvalue weighted by Gasteiger charge is 2.33. The molecule has 8 nitrogen and oxygen atoms in total. The molecular formula is C23H36N6O2. The van der Waals surface area contributed by atoms with Gasteiger partial charge in [-0.15, -0.1) is 0 Å². The molecule has 2 amide bonds. The molecule has 0 aliphatic carbocycles. The number of carbonyl (C=O) groups excluding carboxylic acids is 2. The summed E-state index contributed by atoms with van der Waals surface area (Å²) in [5.41, 5.74) is 7.69. The molecule has 1 aromatic rings. The Kier molecular flexibility index (Phi) is 6.74. The van der Waals surface area contributed by atoms with Crippen molar-refractivity contribution in [1.82, 2.24) is 19.8 Å². The number of hydrogen-bond acceptors (Lipinski definition) is 6. The first-order valence-electron chi connectivity index (χ1n) is 11.8. The molecule has 2 saturated heterocycles. The van der Waals surface area contributed by atoms with Gasteiger partial charge in [0.05, 0.1) is 5.92 Å². The summed E-state index contributed by atoms with van der Waals surface area (Å²) in [5, 5.41) is 0. The van der Waals surface area contributed by atoms with Crippen LogP contribution < -0.4 is 10.6 Å². The molecule has 4 rings (SSSR count). The van der Waals surface area contributed by atoms with Gasteiger partial charge < -0.3 is 20.4 Å². The smallest absolute Gasteiger partial charge is 0.226 e. The first-order valence-corrected chi connectivity index (χ1v) is 11.8. The summed E-state index contributed by atoms with van der Waals surface area (Å²) in [6, 6.07) is 0. The zero-order valence-corrected chi connectivity index (χ0v) is 19.0. The normalized spacial score (nSPS) is 23.0. The van der Waals surface area contributed by atoms with Crippen LogP contribution in [0.5, 0.6) is 0 Å². The molecule has 31 heavy (non-hydrogen) atoms. The molecule has 0 unspecified atom stereocenters. The van der Waals surface area contributed by atoms with Crippen LogP contribution in [0.15, 0.2) is 0 Å². The maximum atomic E-state index is 13.1. The molecule has 8 heteroatoms. The van der Waals surface area contributed by atoms with E-state index in [1.165, 1.54) is 5.56 Å². The monoisotopic (exact) mass is 428 g/mol. The molecule has 0 radical (unpaired) electrons. The molecular weight excluding hydrogens is 392 g/mol. The lowest BCUT2D eigenvalue weighted by Gasteiger charge is -2.37. The standard InChI is InChI=1S/C23H36N6O2/c1-16-19-6-4-10-27(2)22(19)26-21(25-16)17-7-13-29(14-8-17)23(31)18-5-3-11-28(15-18)12-9-20(24)30/h17-18H,3-15H2,1-2H3,(H2,24,30)/t18-/m0/s1. The SMILES string of the molecule is Cc1nc(C2CCN(C(=O)[C@H]3CCCN(CCC(N)=O)C3)CC2)nc2c1CCCN2C. The molecule has 2 N–H and O–H groups in total. The predicted molar refractivity (Wildman–Crippen MR) is 120 cm³/mol. The minimum atomic E-state index is -0.277. The van der Waals surface area contributed by atoms with E-state index in [9.17, 15) is 9.59 Å². The summed E-state index contributed by atoms with van der Waals surface area (Å²) in [5.74, 6) is 2.40. The molecule has 3 aliphatic heterocycles. The molecule has 0 spiro atoms. The first kappa shape index (κ1) is 22.0. The van der Waals surface area contributed by atoms with E-state index in [4.69, 9.17) is 15.7 Å². The van der Waals surface area contributed by atoms with Crippen LogP contribution in [0.3, 0.4) is 0 Å². The molecule has 170 valence electrons. The van der Waals surface area contributed by atoms with E-state index in [2.05, 4.69) is 23.8 Å². The average molecular weight is 429 g/mol. The van der Waals surface area contributed by atoms with Crippen molar-refractivity contribution in [3.05, 3.63) is 17.1 Å². The quantitative estimate of drug-likeness (QED) is 0.763. The van der Waals surface area contributed by atoms with Crippen molar-refractivity contribution < 1.29 is 9.59 Å². The Labute approximate surface area is 185 Å². The lowest BCUT2D eigenvalue weighted by atomic mass is 9.92. The summed E-state index contributed by atoms with van der Waals surface area (Å²) >= 11 is 0. The van der Waals surface area contributed by atoms with E-state index < -0.39 is 0 Å². The lowest BCUT2D eigenvalue weighted by molar-refractivity contribution is -0.138. The van der Waals surface area contributed by atoms with Crippen LogP contribution in [-0.2, 0) is 16.0 Å². The Bertz CT molecular complexity index is 821. The molecule has 0 bridgehead atoms. The molecule has 0 aromatic carbocycles. The van der Waals surface area contributed by atoms with Crippen molar-refractivity contribution in [3.8, 4) is 0 Å². The van der Waals surface area contributed by atoms with Gasteiger partial charge in [-0.1, -0.05) is 0 Å². The van der Waals surface area contributed by atoms with E-state index in [0.29, 0.717) is 18.9 Å². The number of anilines is 1. The highest BCUT2D eigenvalue weighted by atomic mass is 16.2. The van der Waals surface area contributed by atoms with E-state index >= 15 is 0 Å². The van der Waals surface area contributed by atoms with Gasteiger partial charge in [0, 0.05) is 63.4 Å². The van der Waals surface area contributed by atoms with Gasteiger partial charge in [-0.05, 0) is 52.0 Å². The Balaban J connectivity index is 1.34. The molecule has 2 fully saturated rings. The third-order valence-electron chi connectivity index (χ3n) is 7.19. The zero-order valence-electron chi connectivity index (χ0n) is 19.0. The summed E-state index contributed by atoms with van der Waals surface area (Å²) in [4.78, 5) is 40.5. The van der Waals surface area contributed by atoms with E-state index in [0.717, 1.165) is 88.6 Å². The molecule has 3 aliphatic rings. The third-order valence-corrected chi connectivity index (χ3v) is 7.19. The number of carbonyl (C=O) groups is 2. The second-order valence-electron chi connectivity index (χ2n) is 9.45. The lowest BCUT2D eigenvalue weighted by Crippen LogP contribution is -2.47. The number of likely N-dealkylation sites (tertiary alicyclic amines) is 2. The van der Waals surface area contributed by atoms with Gasteiger partial charge in [0.1, 0.15) is 11.6 Å². The number of amides is 2. The van der Waals surface area contributed by atoms with Gasteiger partial charge >= 0.3 is 0 Å². The fourth-order valence-electron chi connectivity index (χ4n) is 5.34. The molecule has 0 saturated carbocycles. The van der Waals surface area contributed by atoms with Crippen molar-refractivity contribution >= 4 is 17.6 Å². The highest BCUT2D eigenvalue weighted by Crippen LogP contribution is 2.32. The van der Waals surface area contributed by atoms with Crippen LogP contribution in [-0.4, -0.2) is 77.9 Å². The largest absolute Gasteiger partial charge is 0.370 e. The van der Waals surface area contributed by atoms with Crippen LogP contribution in [0, 0.1) is 12.8 Å². The maximum Gasteiger partial charge on any atom is 0.226 e. The number of hydrogen-bond donors (Lipinski definition) is 1. The Hall–Kier alpha value is -2.22. The Morgan fingerprint density at radius 2 is 1.84 bits per heavy atom. The van der Waals surface area contributed by atoms with Gasteiger partial charge in [0.15, 0.2) is 0 Å². The second-order valence-corrected chi connectivity index (χ2v) is 9.45. The Morgan fingerprint density at radius 1 is 1.06 bits per heavy atom. The third kappa shape index (κ3) is 5.00. The summed E-state index contributed by atoms with van der Waals surface area (Å²) < 4.78 is 0. The van der Waals surface area contributed by atoms with Gasteiger partial charge in [-0.2, -0.15) is 0 Å². The van der Waals surface area contributed by atoms with E-state index in [1.807, 2.05) is 4.90 Å². The Morgan fingerprint density at radius 3 is 2.58 bits per heavy atom. The number of aryl methyl sites for hydroxylation is 1. The molecule has 4 heterocycles. The average Bonchev–Trinajstić information content (AvgIpc) is 2.78. The number of nitrogens with zero attached hydrogens (tertiary/aromatic N) is 5. The van der Waals surface area contributed by atoms with Crippen molar-refractivity contribution in [2.24, 2.45) is 11.7 Å². The molecule has 1 atom stereocenters. The number of aromatic nitrogens is 2. The molecule has 1 aromatic heterocycles. The fourth-order valence-corrected chi connectivity index (χ4v) is 5.34. The minimum absolute atomic E-state index is 0.0362. The first-order chi connectivity index (χ1) is 14.9. The number of fused-ring (bicyclic) bond motifs is 1. The van der Waals surface area contributed by atoms with Crippen LogP contribution >= 0.6 is 0 Å². The van der Waals surface area contributed by atoms with Gasteiger partial charge in [0.2, 0.25) is 11.8 Å². The minimum Gasteiger partial charge on any atom is -0.370 e.